The zero-order chi connectivity index (χ0) is 63.0. The number of thiophene rings is 3. The first kappa shape index (κ1) is 61.0. The van der Waals surface area contributed by atoms with Crippen LogP contribution >= 0.6 is 34.0 Å². The van der Waals surface area contributed by atoms with E-state index in [1.165, 1.54) is 77.2 Å². The molecule has 1 aliphatic carbocycles. The zero-order valence-corrected chi connectivity index (χ0v) is 57.7. The van der Waals surface area contributed by atoms with Crippen molar-refractivity contribution in [3.05, 3.63) is 254 Å². The van der Waals surface area contributed by atoms with Crippen molar-refractivity contribution in [1.29, 1.82) is 0 Å². The van der Waals surface area contributed by atoms with Gasteiger partial charge < -0.3 is 15.0 Å². The minimum Gasteiger partial charge on any atom is -0.302 e. The Morgan fingerprint density at radius 2 is 0.649 bits per heavy atom. The summed E-state index contributed by atoms with van der Waals surface area (Å²) < 4.78 is 7.73. The fourth-order valence-corrected chi connectivity index (χ4v) is 18.2. The molecule has 0 unspecified atom stereocenters. The molecule has 0 aliphatic heterocycles. The Kier molecular flexibility index (Phi) is 15.9. The van der Waals surface area contributed by atoms with Crippen LogP contribution < -0.4 is 0 Å². The first-order valence-electron chi connectivity index (χ1n) is 31.6. The third kappa shape index (κ3) is 11.6. The summed E-state index contributed by atoms with van der Waals surface area (Å²) in [5, 5.41) is 7.71. The molecule has 0 bridgehead atoms. The van der Waals surface area contributed by atoms with Gasteiger partial charge >= 0.3 is 20.1 Å². The average Bonchev–Trinajstić information content (AvgIpc) is 1.64. The maximum absolute atomic E-state index is 5.32. The number of aromatic nitrogens is 3. The predicted octanol–water partition coefficient (Wildman–Crippen LogP) is 24.0. The number of fused-ring (bicyclic) bond motifs is 9. The van der Waals surface area contributed by atoms with Crippen LogP contribution in [-0.4, -0.2) is 33.6 Å². The van der Waals surface area contributed by atoms with Crippen LogP contribution in [0.4, 0.5) is 17.1 Å². The van der Waals surface area contributed by atoms with Gasteiger partial charge in [-0.15, -0.1) is 140 Å². The van der Waals surface area contributed by atoms with Crippen LogP contribution in [0.15, 0.2) is 234 Å². The first-order valence-corrected chi connectivity index (χ1v) is 34.1. The fourth-order valence-electron chi connectivity index (χ4n) is 14.8. The van der Waals surface area contributed by atoms with Crippen LogP contribution in [0.2, 0.25) is 0 Å². The van der Waals surface area contributed by atoms with Crippen LogP contribution in [0, 0.1) is 55.2 Å². The van der Waals surface area contributed by atoms with E-state index in [2.05, 4.69) is 260 Å². The summed E-state index contributed by atoms with van der Waals surface area (Å²) in [5.74, 6) is 0. The van der Waals surface area contributed by atoms with Gasteiger partial charge in [0.1, 0.15) is 0 Å². The van der Waals surface area contributed by atoms with Crippen molar-refractivity contribution in [2.75, 3.05) is 0 Å². The van der Waals surface area contributed by atoms with Crippen molar-refractivity contribution in [1.82, 2.24) is 15.0 Å². The Morgan fingerprint density at radius 1 is 0.362 bits per heavy atom. The van der Waals surface area contributed by atoms with Gasteiger partial charge in [0.15, 0.2) is 0 Å². The second-order valence-corrected chi connectivity index (χ2v) is 29.4. The molecule has 1 saturated carbocycles. The van der Waals surface area contributed by atoms with Crippen LogP contribution in [0.3, 0.4) is 0 Å². The van der Waals surface area contributed by atoms with Crippen LogP contribution in [0.5, 0.6) is 0 Å². The SMILES string of the molecule is Cc1cc(-c2[c-]ccc(-c3cccc4sc5ccccc5c34)c2)ncc1N=CC1(C)CC(C)(C=Nc2cnc(-c3[c-]ccc(-c4cccc5sc6ccccc6c45)c3)cc2C)CC(C)(C=Nc2cnc(-c3[c-]ccc(-c4cccc5sc6ccccc6c45)c3)cc2C)C1.[Ir+3]. The van der Waals surface area contributed by atoms with Gasteiger partial charge in [0.05, 0.1) is 17.1 Å². The number of aliphatic imine (C=N–C) groups is 3. The van der Waals surface area contributed by atoms with Crippen molar-refractivity contribution in [3.63, 3.8) is 0 Å². The van der Waals surface area contributed by atoms with E-state index >= 15 is 0 Å². The molecule has 0 saturated heterocycles. The Morgan fingerprint density at radius 3 is 0.947 bits per heavy atom. The van der Waals surface area contributed by atoms with Crippen LogP contribution in [0.1, 0.15) is 56.7 Å². The van der Waals surface area contributed by atoms with Gasteiger partial charge in [-0.1, -0.05) is 130 Å². The molecule has 0 N–H and O–H groups in total. The monoisotopic (exact) mass is 1440 g/mol. The van der Waals surface area contributed by atoms with Gasteiger partial charge in [-0.2, -0.15) is 0 Å². The third-order valence-corrected chi connectivity index (χ3v) is 22.0. The first-order chi connectivity index (χ1) is 45.3. The Hall–Kier alpha value is -9.25. The van der Waals surface area contributed by atoms with E-state index in [0.717, 1.165) is 103 Å². The summed E-state index contributed by atoms with van der Waals surface area (Å²) in [5.41, 5.74) is 17.0. The van der Waals surface area contributed by atoms with E-state index in [-0.39, 0.29) is 36.4 Å². The van der Waals surface area contributed by atoms with Crippen molar-refractivity contribution in [3.8, 4) is 67.2 Å². The zero-order valence-electron chi connectivity index (χ0n) is 52.9. The van der Waals surface area contributed by atoms with Gasteiger partial charge in [0.25, 0.3) is 0 Å². The van der Waals surface area contributed by atoms with E-state index in [1.807, 2.05) is 70.8 Å². The molecule has 456 valence electrons. The predicted molar refractivity (Wildman–Crippen MR) is 397 cm³/mol. The maximum atomic E-state index is 5.32. The third-order valence-electron chi connectivity index (χ3n) is 18.6. The number of rotatable bonds is 12. The van der Waals surface area contributed by atoms with E-state index in [4.69, 9.17) is 29.9 Å². The van der Waals surface area contributed by atoms with Gasteiger partial charge in [-0.25, -0.2) is 0 Å². The maximum Gasteiger partial charge on any atom is 3.00 e. The van der Waals surface area contributed by atoms with E-state index in [9.17, 15) is 0 Å². The molecule has 0 amide bonds. The summed E-state index contributed by atoms with van der Waals surface area (Å²) in [4.78, 5) is 31.1. The van der Waals surface area contributed by atoms with Crippen molar-refractivity contribution in [2.24, 2.45) is 31.2 Å². The minimum atomic E-state index is -0.366. The smallest absolute Gasteiger partial charge is 0.302 e. The normalized spacial score (nSPS) is 17.7. The van der Waals surface area contributed by atoms with Gasteiger partial charge in [0.2, 0.25) is 0 Å². The van der Waals surface area contributed by atoms with Gasteiger partial charge in [-0.3, -0.25) is 15.0 Å². The number of pyridine rings is 3. The average molecular weight is 1440 g/mol. The van der Waals surface area contributed by atoms with Crippen molar-refractivity contribution in [2.45, 2.75) is 60.8 Å². The fraction of sp³-hybridized carbons (Fsp3) is 0.143. The van der Waals surface area contributed by atoms with E-state index in [0.29, 0.717) is 0 Å². The summed E-state index contributed by atoms with van der Waals surface area (Å²) in [6.07, 6.45) is 14.7. The molecule has 0 atom stereocenters. The topological polar surface area (TPSA) is 75.8 Å². The molecule has 10 heteroatoms. The molecule has 1 fully saturated rings. The summed E-state index contributed by atoms with van der Waals surface area (Å²) in [6.45, 7) is 13.4. The van der Waals surface area contributed by atoms with Crippen LogP contribution in [-0.2, 0) is 20.1 Å². The molecule has 1 aliphatic rings. The molecule has 16 rings (SSSR count). The molecule has 9 aromatic carbocycles. The Labute approximate surface area is 573 Å². The van der Waals surface area contributed by atoms with Gasteiger partial charge in [0, 0.05) is 114 Å². The number of hydrogen-bond donors (Lipinski definition) is 0. The van der Waals surface area contributed by atoms with Gasteiger partial charge in [-0.05, 0) is 127 Å². The number of benzene rings is 9. The number of aryl methyl sites for hydroxylation is 3. The molecular formula is C84H63IrN6S3. The molecule has 6 heterocycles. The van der Waals surface area contributed by atoms with E-state index in [1.54, 1.807) is 0 Å². The number of nitrogens with zero attached hydrogens (tertiary/aromatic N) is 6. The van der Waals surface area contributed by atoms with Crippen molar-refractivity contribution >= 4 is 130 Å². The summed E-state index contributed by atoms with van der Waals surface area (Å²) in [6, 6.07) is 82.0. The molecule has 0 spiro atoms. The molecule has 94 heavy (non-hydrogen) atoms. The van der Waals surface area contributed by atoms with E-state index < -0.39 is 0 Å². The summed E-state index contributed by atoms with van der Waals surface area (Å²) >= 11 is 5.52. The second kappa shape index (κ2) is 24.6. The molecule has 0 radical (unpaired) electrons. The largest absolute Gasteiger partial charge is 3.00 e. The van der Waals surface area contributed by atoms with Crippen molar-refractivity contribution < 1.29 is 20.1 Å². The molecule has 6 aromatic heterocycles. The molecule has 6 nitrogen and oxygen atoms in total. The van der Waals surface area contributed by atoms with Crippen LogP contribution in [0.25, 0.3) is 128 Å². The quantitative estimate of drug-likeness (QED) is 0.0903. The minimum absolute atomic E-state index is 0. The standard InChI is InChI=1S/C84H63N6S3.Ir/c1-52-37-67(58-22-13-19-55(40-58)61-28-16-34-76-79(61)64-25-7-10-31-73(64)91-76)85-43-70(52)88-49-82(4)46-83(5,50-89-71-44-86-68(38-53(71)2)59-23-14-20-56(41-59)62-29-17-35-77-80(62)65-26-8-11-32-74(65)92-77)48-84(6,47-82)51-90-72-45-87-69(39-54(72)3)60-24-15-21-57(42-60)63-30-18-36-78-81(63)66-27-9-12-33-75(66)93-78;/h7-21,25-45,49-51H,46-48H2,1-6H3;/q-3;+3. The Bertz CT molecular complexity index is 5020. The second-order valence-electron chi connectivity index (χ2n) is 26.1. The molecule has 15 aromatic rings. The Balaban J connectivity index is 0.00000729. The molecular weight excluding hydrogens is 1380 g/mol. The summed E-state index contributed by atoms with van der Waals surface area (Å²) in [7, 11) is 0. The number of hydrogen-bond acceptors (Lipinski definition) is 9.